The average molecular weight is 495 g/mol. The molecule has 0 saturated carbocycles. The fourth-order valence-electron chi connectivity index (χ4n) is 3.03. The van der Waals surface area contributed by atoms with Gasteiger partial charge in [0.25, 0.3) is 0 Å². The monoisotopic (exact) mass is 494 g/mol. The van der Waals surface area contributed by atoms with Crippen molar-refractivity contribution in [2.75, 3.05) is 12.4 Å². The molecule has 7 heteroatoms. The number of methoxy groups -OCH3 is 1. The maximum Gasteiger partial charge on any atom is 0.227 e. The van der Waals surface area contributed by atoms with E-state index >= 15 is 0 Å². The Morgan fingerprint density at radius 2 is 1.81 bits per heavy atom. The molecule has 0 aliphatic rings. The summed E-state index contributed by atoms with van der Waals surface area (Å²) in [6.07, 6.45) is 11.0. The van der Waals surface area contributed by atoms with E-state index in [0.717, 1.165) is 45.8 Å². The Bertz CT molecular complexity index is 1060. The van der Waals surface area contributed by atoms with Gasteiger partial charge in [0.15, 0.2) is 11.5 Å². The first-order valence-electron chi connectivity index (χ1n) is 10.5. The third kappa shape index (κ3) is 6.40. The van der Waals surface area contributed by atoms with E-state index in [1.165, 1.54) is 0 Å². The first-order chi connectivity index (χ1) is 15.6. The van der Waals surface area contributed by atoms with Crippen molar-refractivity contribution >= 4 is 45.5 Å². The van der Waals surface area contributed by atoms with E-state index in [2.05, 4.69) is 50.1 Å². The zero-order valence-electron chi connectivity index (χ0n) is 18.5. The molecule has 166 valence electrons. The molecule has 1 heterocycles. The topological polar surface area (TPSA) is 68.6 Å². The number of aromatic nitrogens is 2. The standard InChI is InChI=1S/C25H27BrN4O2/c1-4-20(5-2)32-24-18(10-8-14-23(24)31-3)11-9-15-27-21-12-6-7-13-22(21)30-25-28-16-19(26)17-29-25/h6-17,20H,4-5H2,1-3H3,(H,28,29,30)/b11-9+,27-15+. The normalized spacial score (nSPS) is 11.4. The highest BCUT2D eigenvalue weighted by molar-refractivity contribution is 9.10. The lowest BCUT2D eigenvalue weighted by Crippen LogP contribution is -2.14. The van der Waals surface area contributed by atoms with Gasteiger partial charge in [-0.3, -0.25) is 4.99 Å². The lowest BCUT2D eigenvalue weighted by molar-refractivity contribution is 0.184. The van der Waals surface area contributed by atoms with Crippen LogP contribution in [0.5, 0.6) is 11.5 Å². The quantitative estimate of drug-likeness (QED) is 0.308. The first kappa shape index (κ1) is 23.5. The van der Waals surface area contributed by atoms with Crippen LogP contribution in [0, 0.1) is 0 Å². The van der Waals surface area contributed by atoms with Crippen molar-refractivity contribution in [2.24, 2.45) is 4.99 Å². The second-order valence-corrected chi connectivity index (χ2v) is 7.85. The predicted octanol–water partition coefficient (Wildman–Crippen LogP) is 6.97. The second-order valence-electron chi connectivity index (χ2n) is 6.94. The van der Waals surface area contributed by atoms with Crippen LogP contribution in [0.1, 0.15) is 32.3 Å². The van der Waals surface area contributed by atoms with Gasteiger partial charge in [0, 0.05) is 24.2 Å². The van der Waals surface area contributed by atoms with Crippen molar-refractivity contribution in [3.63, 3.8) is 0 Å². The molecule has 0 aliphatic carbocycles. The zero-order chi connectivity index (χ0) is 22.8. The Morgan fingerprint density at radius 1 is 1.06 bits per heavy atom. The third-order valence-electron chi connectivity index (χ3n) is 4.77. The van der Waals surface area contributed by atoms with E-state index < -0.39 is 0 Å². The third-order valence-corrected chi connectivity index (χ3v) is 5.18. The highest BCUT2D eigenvalue weighted by atomic mass is 79.9. The van der Waals surface area contributed by atoms with Gasteiger partial charge in [-0.05, 0) is 59.1 Å². The lowest BCUT2D eigenvalue weighted by atomic mass is 10.1. The summed E-state index contributed by atoms with van der Waals surface area (Å²) < 4.78 is 12.6. The molecule has 1 N–H and O–H groups in total. The first-order valence-corrected chi connectivity index (χ1v) is 11.3. The zero-order valence-corrected chi connectivity index (χ0v) is 20.0. The Balaban J connectivity index is 1.78. The lowest BCUT2D eigenvalue weighted by Gasteiger charge is -2.19. The van der Waals surface area contributed by atoms with E-state index in [9.17, 15) is 0 Å². The molecule has 0 fully saturated rings. The van der Waals surface area contributed by atoms with Gasteiger partial charge < -0.3 is 14.8 Å². The average Bonchev–Trinajstić information content (AvgIpc) is 2.83. The molecule has 3 aromatic rings. The number of benzene rings is 2. The van der Waals surface area contributed by atoms with Crippen molar-refractivity contribution in [1.29, 1.82) is 0 Å². The van der Waals surface area contributed by atoms with Crippen LogP contribution in [0.25, 0.3) is 6.08 Å². The molecular weight excluding hydrogens is 468 g/mol. The molecule has 0 amide bonds. The van der Waals surface area contributed by atoms with Crippen molar-refractivity contribution < 1.29 is 9.47 Å². The Hall–Kier alpha value is -3.19. The van der Waals surface area contributed by atoms with Gasteiger partial charge in [0.1, 0.15) is 0 Å². The molecule has 6 nitrogen and oxygen atoms in total. The molecule has 0 radical (unpaired) electrons. The Kier molecular flexibility index (Phi) is 8.80. The van der Waals surface area contributed by atoms with Gasteiger partial charge in [-0.15, -0.1) is 0 Å². The molecule has 32 heavy (non-hydrogen) atoms. The molecular formula is C25H27BrN4O2. The van der Waals surface area contributed by atoms with Crippen LogP contribution in [0.15, 0.2) is 70.4 Å². The summed E-state index contributed by atoms with van der Waals surface area (Å²) >= 11 is 3.34. The van der Waals surface area contributed by atoms with Crippen molar-refractivity contribution in [1.82, 2.24) is 9.97 Å². The number of nitrogens with zero attached hydrogens (tertiary/aromatic N) is 3. The molecule has 0 unspecified atom stereocenters. The Labute approximate surface area is 197 Å². The predicted molar refractivity (Wildman–Crippen MR) is 135 cm³/mol. The number of ether oxygens (including phenoxy) is 2. The molecule has 0 bridgehead atoms. The smallest absolute Gasteiger partial charge is 0.227 e. The highest BCUT2D eigenvalue weighted by Crippen LogP contribution is 2.33. The van der Waals surface area contributed by atoms with Crippen molar-refractivity contribution in [3.05, 3.63) is 71.0 Å². The number of para-hydroxylation sites is 3. The summed E-state index contributed by atoms with van der Waals surface area (Å²) in [5.74, 6) is 1.98. The van der Waals surface area contributed by atoms with Gasteiger partial charge in [-0.1, -0.05) is 38.1 Å². The van der Waals surface area contributed by atoms with E-state index in [-0.39, 0.29) is 6.10 Å². The molecule has 0 atom stereocenters. The minimum atomic E-state index is 0.144. The fourth-order valence-corrected chi connectivity index (χ4v) is 3.24. The van der Waals surface area contributed by atoms with Gasteiger partial charge in [0.2, 0.25) is 5.95 Å². The molecule has 2 aromatic carbocycles. The number of rotatable bonds is 10. The molecule has 0 spiro atoms. The number of hydrogen-bond donors (Lipinski definition) is 1. The van der Waals surface area contributed by atoms with Crippen LogP contribution < -0.4 is 14.8 Å². The summed E-state index contributed by atoms with van der Waals surface area (Å²) in [4.78, 5) is 13.1. The van der Waals surface area contributed by atoms with Crippen LogP contribution in [0.2, 0.25) is 0 Å². The van der Waals surface area contributed by atoms with Crippen LogP contribution in [0.4, 0.5) is 17.3 Å². The molecule has 1 aromatic heterocycles. The van der Waals surface area contributed by atoms with Crippen LogP contribution in [-0.4, -0.2) is 29.4 Å². The largest absolute Gasteiger partial charge is 0.493 e. The summed E-state index contributed by atoms with van der Waals surface area (Å²) in [6, 6.07) is 13.6. The number of anilines is 2. The number of hydrogen-bond acceptors (Lipinski definition) is 6. The number of aliphatic imine (C=N–C) groups is 1. The van der Waals surface area contributed by atoms with Crippen LogP contribution >= 0.6 is 15.9 Å². The summed E-state index contributed by atoms with van der Waals surface area (Å²) in [6.45, 7) is 4.24. The van der Waals surface area contributed by atoms with E-state index in [0.29, 0.717) is 5.95 Å². The van der Waals surface area contributed by atoms with Gasteiger partial charge in [-0.25, -0.2) is 9.97 Å². The highest BCUT2D eigenvalue weighted by Gasteiger charge is 2.13. The second kappa shape index (κ2) is 12.0. The fraction of sp³-hybridized carbons (Fsp3) is 0.240. The number of nitrogens with one attached hydrogen (secondary N) is 1. The molecule has 0 aliphatic heterocycles. The SMILES string of the molecule is CCC(CC)Oc1c(/C=C/C=N/c2ccccc2Nc2ncc(Br)cn2)cccc1OC. The minimum Gasteiger partial charge on any atom is -0.493 e. The molecule has 0 saturated heterocycles. The van der Waals surface area contributed by atoms with E-state index in [1.54, 1.807) is 25.7 Å². The Morgan fingerprint density at radius 3 is 2.53 bits per heavy atom. The van der Waals surface area contributed by atoms with Crippen molar-refractivity contribution in [3.8, 4) is 11.5 Å². The summed E-state index contributed by atoms with van der Waals surface area (Å²) in [5.41, 5.74) is 2.54. The van der Waals surface area contributed by atoms with Gasteiger partial charge in [-0.2, -0.15) is 0 Å². The van der Waals surface area contributed by atoms with Crippen molar-refractivity contribution in [2.45, 2.75) is 32.8 Å². The maximum absolute atomic E-state index is 6.23. The van der Waals surface area contributed by atoms with Crippen LogP contribution in [-0.2, 0) is 0 Å². The summed E-state index contributed by atoms with van der Waals surface area (Å²) in [7, 11) is 1.66. The van der Waals surface area contributed by atoms with Crippen LogP contribution in [0.3, 0.4) is 0 Å². The van der Waals surface area contributed by atoms with Gasteiger partial charge in [0.05, 0.1) is 29.1 Å². The molecule has 3 rings (SSSR count). The minimum absolute atomic E-state index is 0.144. The van der Waals surface area contributed by atoms with Gasteiger partial charge >= 0.3 is 0 Å². The van der Waals surface area contributed by atoms with E-state index in [4.69, 9.17) is 9.47 Å². The summed E-state index contributed by atoms with van der Waals surface area (Å²) in [5, 5.41) is 3.20. The number of allylic oxidation sites excluding steroid dienone is 1. The van der Waals surface area contributed by atoms with E-state index in [1.807, 2.05) is 54.6 Å². The maximum atomic E-state index is 6.23. The number of halogens is 1.